The molecule has 0 heterocycles. The molecule has 0 radical (unpaired) electrons. The third-order valence-electron chi connectivity index (χ3n) is 3.08. The Morgan fingerprint density at radius 3 is 1.84 bits per heavy atom. The molecule has 3 nitrogen and oxygen atoms in total. The Balaban J connectivity index is 0. The van der Waals surface area contributed by atoms with Gasteiger partial charge < -0.3 is 10.1 Å². The van der Waals surface area contributed by atoms with Crippen molar-refractivity contribution in [2.45, 2.75) is 71.1 Å². The standard InChI is InChI=1S/C15H31NO2.K.H/c1-3-4-5-6-7-8-9-10-11-12-13-18-15(17)14-16-2;;/h16H,3-14H2,1-2H3;;. The Kier molecular flexibility index (Phi) is 22.4. The molecule has 0 aliphatic rings. The third kappa shape index (κ3) is 19.1. The Hall–Kier alpha value is 1.07. The summed E-state index contributed by atoms with van der Waals surface area (Å²) < 4.78 is 5.05. The van der Waals surface area contributed by atoms with E-state index in [0.717, 1.165) is 6.42 Å². The van der Waals surface area contributed by atoms with E-state index in [4.69, 9.17) is 4.74 Å². The summed E-state index contributed by atoms with van der Waals surface area (Å²) in [5, 5.41) is 2.78. The first-order chi connectivity index (χ1) is 8.81. The van der Waals surface area contributed by atoms with E-state index in [1.54, 1.807) is 7.05 Å². The summed E-state index contributed by atoms with van der Waals surface area (Å²) in [6.07, 6.45) is 13.1. The molecule has 0 aromatic rings. The van der Waals surface area contributed by atoms with Gasteiger partial charge in [0, 0.05) is 0 Å². The fourth-order valence-corrected chi connectivity index (χ4v) is 1.97. The summed E-state index contributed by atoms with van der Waals surface area (Å²) in [7, 11) is 1.75. The molecular formula is C15H32KNO2. The first-order valence-corrected chi connectivity index (χ1v) is 7.61. The van der Waals surface area contributed by atoms with E-state index in [-0.39, 0.29) is 57.4 Å². The third-order valence-corrected chi connectivity index (χ3v) is 3.08. The second-order valence-electron chi connectivity index (χ2n) is 4.93. The van der Waals surface area contributed by atoms with Crippen LogP contribution in [0, 0.1) is 0 Å². The number of likely N-dealkylation sites (N-methyl/N-ethyl adjacent to an activating group) is 1. The van der Waals surface area contributed by atoms with Gasteiger partial charge in [0.1, 0.15) is 0 Å². The number of ether oxygens (including phenoxy) is 1. The van der Waals surface area contributed by atoms with E-state index in [1.807, 2.05) is 0 Å². The van der Waals surface area contributed by atoms with Gasteiger partial charge in [-0.15, -0.1) is 0 Å². The summed E-state index contributed by atoms with van der Waals surface area (Å²) in [6.45, 7) is 3.15. The van der Waals surface area contributed by atoms with Crippen LogP contribution in [0.4, 0.5) is 0 Å². The Morgan fingerprint density at radius 1 is 0.895 bits per heavy atom. The molecule has 0 aromatic carbocycles. The minimum atomic E-state index is -0.145. The Labute approximate surface area is 162 Å². The predicted octanol–water partition coefficient (Wildman–Crippen LogP) is 3.02. The summed E-state index contributed by atoms with van der Waals surface area (Å²) in [5.41, 5.74) is 0. The van der Waals surface area contributed by atoms with Crippen LogP contribution in [0.1, 0.15) is 71.1 Å². The van der Waals surface area contributed by atoms with E-state index < -0.39 is 0 Å². The van der Waals surface area contributed by atoms with Crippen molar-refractivity contribution < 1.29 is 9.53 Å². The zero-order chi connectivity index (χ0) is 13.5. The SMILES string of the molecule is CCCCCCCCCCCCOC(=O)CNC.[KH]. The van der Waals surface area contributed by atoms with Gasteiger partial charge in [-0.25, -0.2) is 0 Å². The van der Waals surface area contributed by atoms with Crippen molar-refractivity contribution in [2.75, 3.05) is 20.2 Å². The van der Waals surface area contributed by atoms with Gasteiger partial charge in [0.25, 0.3) is 0 Å². The average molecular weight is 298 g/mol. The molecule has 110 valence electrons. The molecule has 0 saturated carbocycles. The molecule has 19 heavy (non-hydrogen) atoms. The number of hydrogen-bond acceptors (Lipinski definition) is 3. The topological polar surface area (TPSA) is 38.3 Å². The monoisotopic (exact) mass is 297 g/mol. The van der Waals surface area contributed by atoms with Crippen molar-refractivity contribution in [3.8, 4) is 0 Å². The number of carbonyl (C=O) groups is 1. The van der Waals surface area contributed by atoms with Crippen molar-refractivity contribution >= 4 is 57.4 Å². The molecule has 0 rings (SSSR count). The average Bonchev–Trinajstić information content (AvgIpc) is 2.36. The van der Waals surface area contributed by atoms with Crippen LogP contribution in [0.15, 0.2) is 0 Å². The molecule has 0 aromatic heterocycles. The van der Waals surface area contributed by atoms with Gasteiger partial charge >= 0.3 is 57.4 Å². The van der Waals surface area contributed by atoms with Gasteiger partial charge in [-0.3, -0.25) is 4.79 Å². The van der Waals surface area contributed by atoms with Crippen LogP contribution in [0.5, 0.6) is 0 Å². The van der Waals surface area contributed by atoms with Crippen LogP contribution in [0.3, 0.4) is 0 Å². The van der Waals surface area contributed by atoms with Crippen LogP contribution in [0.25, 0.3) is 0 Å². The van der Waals surface area contributed by atoms with Gasteiger partial charge in [0.15, 0.2) is 0 Å². The molecule has 0 bridgehead atoms. The van der Waals surface area contributed by atoms with Gasteiger partial charge in [-0.1, -0.05) is 64.7 Å². The van der Waals surface area contributed by atoms with Crippen molar-refractivity contribution in [1.29, 1.82) is 0 Å². The zero-order valence-corrected chi connectivity index (χ0v) is 12.3. The molecule has 1 N–H and O–H groups in total. The molecule has 0 atom stereocenters. The molecule has 0 aliphatic heterocycles. The van der Waals surface area contributed by atoms with Crippen LogP contribution < -0.4 is 5.32 Å². The van der Waals surface area contributed by atoms with Crippen molar-refractivity contribution in [3.05, 3.63) is 0 Å². The van der Waals surface area contributed by atoms with Crippen LogP contribution in [-0.4, -0.2) is 77.6 Å². The van der Waals surface area contributed by atoms with Gasteiger partial charge in [0.05, 0.1) is 13.2 Å². The first-order valence-electron chi connectivity index (χ1n) is 7.61. The van der Waals surface area contributed by atoms with Crippen molar-refractivity contribution in [2.24, 2.45) is 0 Å². The number of nitrogens with one attached hydrogen (secondary N) is 1. The fraction of sp³-hybridized carbons (Fsp3) is 0.933. The van der Waals surface area contributed by atoms with Crippen molar-refractivity contribution in [1.82, 2.24) is 5.32 Å². The zero-order valence-electron chi connectivity index (χ0n) is 12.3. The van der Waals surface area contributed by atoms with E-state index in [9.17, 15) is 4.79 Å². The van der Waals surface area contributed by atoms with Gasteiger partial charge in [-0.2, -0.15) is 0 Å². The molecule has 0 aliphatic carbocycles. The Morgan fingerprint density at radius 2 is 1.37 bits per heavy atom. The summed E-state index contributed by atoms with van der Waals surface area (Å²) >= 11 is 0. The van der Waals surface area contributed by atoms with E-state index >= 15 is 0 Å². The van der Waals surface area contributed by atoms with E-state index in [1.165, 1.54) is 57.8 Å². The second-order valence-corrected chi connectivity index (χ2v) is 4.93. The molecule has 0 spiro atoms. The summed E-state index contributed by atoms with van der Waals surface area (Å²) in [6, 6.07) is 0. The maximum atomic E-state index is 11.0. The first kappa shape index (κ1) is 22.3. The summed E-state index contributed by atoms with van der Waals surface area (Å²) in [5.74, 6) is -0.145. The fourth-order valence-electron chi connectivity index (χ4n) is 1.97. The molecule has 0 fully saturated rings. The minimum absolute atomic E-state index is 0. The van der Waals surface area contributed by atoms with E-state index in [2.05, 4.69) is 12.2 Å². The van der Waals surface area contributed by atoms with Crippen LogP contribution in [-0.2, 0) is 9.53 Å². The quantitative estimate of drug-likeness (QED) is 0.323. The number of esters is 1. The molecule has 4 heteroatoms. The van der Waals surface area contributed by atoms with Crippen LogP contribution in [0.2, 0.25) is 0 Å². The predicted molar refractivity (Wildman–Crippen MR) is 83.9 cm³/mol. The number of carbonyl (C=O) groups excluding carboxylic acids is 1. The number of rotatable bonds is 13. The number of unbranched alkanes of at least 4 members (excludes halogenated alkanes) is 9. The normalized spacial score (nSPS) is 10.0. The van der Waals surface area contributed by atoms with E-state index in [0.29, 0.717) is 13.2 Å². The molecule has 0 unspecified atom stereocenters. The Bertz CT molecular complexity index is 189. The molecular weight excluding hydrogens is 265 g/mol. The van der Waals surface area contributed by atoms with Gasteiger partial charge in [-0.05, 0) is 13.5 Å². The number of hydrogen-bond donors (Lipinski definition) is 1. The maximum absolute atomic E-state index is 11.0. The van der Waals surface area contributed by atoms with Gasteiger partial charge in [0.2, 0.25) is 0 Å². The second kappa shape index (κ2) is 19.1. The van der Waals surface area contributed by atoms with Crippen molar-refractivity contribution in [3.63, 3.8) is 0 Å². The molecule has 0 saturated heterocycles. The molecule has 0 amide bonds. The summed E-state index contributed by atoms with van der Waals surface area (Å²) in [4.78, 5) is 11.0. The van der Waals surface area contributed by atoms with Crippen LogP contribution >= 0.6 is 0 Å².